The second-order valence-electron chi connectivity index (χ2n) is 6.32. The Morgan fingerprint density at radius 3 is 2.21 bits per heavy atom. The first-order valence-corrected chi connectivity index (χ1v) is 7.85. The van der Waals surface area contributed by atoms with Crippen molar-refractivity contribution >= 4 is 5.97 Å². The van der Waals surface area contributed by atoms with Crippen LogP contribution in [0.1, 0.15) is 38.5 Å². The summed E-state index contributed by atoms with van der Waals surface area (Å²) >= 11 is 0. The number of carbonyl (C=O) groups is 1. The van der Waals surface area contributed by atoms with Crippen LogP contribution in [0.3, 0.4) is 0 Å². The fraction of sp³-hybridized carbons (Fsp3) is 0.933. The molecule has 0 aromatic carbocycles. The Hall–Kier alpha value is -0.610. The van der Waals surface area contributed by atoms with Gasteiger partial charge in [-0.05, 0) is 31.6 Å². The fourth-order valence-electron chi connectivity index (χ4n) is 3.82. The van der Waals surface area contributed by atoms with Crippen molar-refractivity contribution in [3.05, 3.63) is 0 Å². The molecule has 0 N–H and O–H groups in total. The number of carbonyl (C=O) groups excluding carboxylic acids is 1. The molecule has 1 atom stereocenters. The number of piperazine rings is 1. The lowest BCUT2D eigenvalue weighted by atomic mass is 10.1. The highest BCUT2D eigenvalue weighted by Gasteiger charge is 2.42. The molecule has 3 rings (SSSR count). The second kappa shape index (κ2) is 5.80. The Kier molecular flexibility index (Phi) is 4.08. The van der Waals surface area contributed by atoms with E-state index in [0.29, 0.717) is 5.92 Å². The minimum absolute atomic E-state index is 0.0168. The van der Waals surface area contributed by atoms with Gasteiger partial charge in [-0.15, -0.1) is 0 Å². The van der Waals surface area contributed by atoms with Crippen LogP contribution in [0.4, 0.5) is 0 Å². The Morgan fingerprint density at radius 1 is 1.05 bits per heavy atom. The summed E-state index contributed by atoms with van der Waals surface area (Å²) in [6, 6.07) is 0.857. The Balaban J connectivity index is 1.54. The molecule has 0 aromatic rings. The lowest BCUT2D eigenvalue weighted by molar-refractivity contribution is -0.148. The summed E-state index contributed by atoms with van der Waals surface area (Å²) in [6.45, 7) is 4.33. The number of ether oxygens (including phenoxy) is 1. The molecule has 3 aliphatic rings. The van der Waals surface area contributed by atoms with Gasteiger partial charge in [0.05, 0.1) is 7.11 Å². The Labute approximate surface area is 116 Å². The van der Waals surface area contributed by atoms with Gasteiger partial charge in [0.2, 0.25) is 0 Å². The van der Waals surface area contributed by atoms with Crippen LogP contribution in [0.15, 0.2) is 0 Å². The molecule has 1 saturated heterocycles. The molecule has 3 fully saturated rings. The van der Waals surface area contributed by atoms with E-state index in [1.807, 2.05) is 0 Å². The summed E-state index contributed by atoms with van der Waals surface area (Å²) in [5.74, 6) is 0.544. The zero-order valence-corrected chi connectivity index (χ0v) is 12.0. The van der Waals surface area contributed by atoms with Gasteiger partial charge in [-0.2, -0.15) is 0 Å². The Morgan fingerprint density at radius 2 is 1.68 bits per heavy atom. The predicted molar refractivity (Wildman–Crippen MR) is 73.9 cm³/mol. The number of hydrogen-bond acceptors (Lipinski definition) is 4. The van der Waals surface area contributed by atoms with Crippen LogP contribution in [-0.2, 0) is 9.53 Å². The van der Waals surface area contributed by atoms with Crippen molar-refractivity contribution in [1.82, 2.24) is 9.80 Å². The molecule has 1 heterocycles. The van der Waals surface area contributed by atoms with E-state index in [0.717, 1.165) is 32.2 Å². The average molecular weight is 266 g/mol. The first-order chi connectivity index (χ1) is 9.29. The van der Waals surface area contributed by atoms with Crippen LogP contribution < -0.4 is 0 Å². The van der Waals surface area contributed by atoms with Crippen LogP contribution in [-0.4, -0.2) is 61.1 Å². The van der Waals surface area contributed by atoms with Gasteiger partial charge in [0.15, 0.2) is 0 Å². The van der Waals surface area contributed by atoms with Gasteiger partial charge in [-0.1, -0.05) is 12.8 Å². The zero-order chi connectivity index (χ0) is 13.2. The fourth-order valence-corrected chi connectivity index (χ4v) is 3.82. The smallest absolute Gasteiger partial charge is 0.323 e. The van der Waals surface area contributed by atoms with E-state index < -0.39 is 0 Å². The summed E-state index contributed by atoms with van der Waals surface area (Å²) in [5, 5.41) is 0. The monoisotopic (exact) mass is 266 g/mol. The summed E-state index contributed by atoms with van der Waals surface area (Å²) in [6.07, 6.45) is 7.95. The minimum Gasteiger partial charge on any atom is -0.468 e. The molecule has 0 bridgehead atoms. The van der Waals surface area contributed by atoms with Crippen molar-refractivity contribution in [2.75, 3.05) is 33.3 Å². The molecule has 0 aromatic heterocycles. The molecular weight excluding hydrogens is 240 g/mol. The molecule has 1 unspecified atom stereocenters. The van der Waals surface area contributed by atoms with E-state index in [4.69, 9.17) is 4.74 Å². The van der Waals surface area contributed by atoms with E-state index in [2.05, 4.69) is 9.80 Å². The van der Waals surface area contributed by atoms with Gasteiger partial charge in [0, 0.05) is 32.2 Å². The number of hydrogen-bond donors (Lipinski definition) is 0. The average Bonchev–Trinajstić information content (AvgIpc) is 3.12. The van der Waals surface area contributed by atoms with E-state index in [1.165, 1.54) is 45.6 Å². The molecule has 0 radical (unpaired) electrons. The lowest BCUT2D eigenvalue weighted by Gasteiger charge is -2.40. The van der Waals surface area contributed by atoms with Crippen LogP contribution in [0.5, 0.6) is 0 Å². The van der Waals surface area contributed by atoms with Gasteiger partial charge in [-0.25, -0.2) is 0 Å². The maximum absolute atomic E-state index is 12.0. The number of rotatable bonds is 4. The van der Waals surface area contributed by atoms with Gasteiger partial charge in [0.25, 0.3) is 0 Å². The van der Waals surface area contributed by atoms with E-state index in [9.17, 15) is 4.79 Å². The molecule has 2 saturated carbocycles. The third-order valence-electron chi connectivity index (χ3n) is 5.09. The third-order valence-corrected chi connectivity index (χ3v) is 5.09. The summed E-state index contributed by atoms with van der Waals surface area (Å²) < 4.78 is 5.00. The maximum atomic E-state index is 12.0. The molecule has 4 heteroatoms. The largest absolute Gasteiger partial charge is 0.468 e. The predicted octanol–water partition coefficient (Wildman–Crippen LogP) is 1.50. The van der Waals surface area contributed by atoms with Crippen LogP contribution in [0.25, 0.3) is 0 Å². The molecule has 108 valence electrons. The SMILES string of the molecule is COC(=O)C(C1CC1)N1CCN(C2CCCC2)CC1. The van der Waals surface area contributed by atoms with Crippen LogP contribution in [0, 0.1) is 5.92 Å². The first kappa shape index (κ1) is 13.4. The molecule has 4 nitrogen and oxygen atoms in total. The highest BCUT2D eigenvalue weighted by atomic mass is 16.5. The van der Waals surface area contributed by atoms with Crippen molar-refractivity contribution in [3.63, 3.8) is 0 Å². The van der Waals surface area contributed by atoms with Gasteiger partial charge in [0.1, 0.15) is 6.04 Å². The van der Waals surface area contributed by atoms with Crippen LogP contribution >= 0.6 is 0 Å². The van der Waals surface area contributed by atoms with Crippen molar-refractivity contribution in [1.29, 1.82) is 0 Å². The second-order valence-corrected chi connectivity index (χ2v) is 6.32. The standard InChI is InChI=1S/C15H26N2O2/c1-19-15(18)14(12-6-7-12)17-10-8-16(9-11-17)13-4-2-3-5-13/h12-14H,2-11H2,1H3. The van der Waals surface area contributed by atoms with Crippen molar-refractivity contribution in [2.24, 2.45) is 5.92 Å². The minimum atomic E-state index is -0.0168. The summed E-state index contributed by atoms with van der Waals surface area (Å²) in [4.78, 5) is 17.0. The number of nitrogens with zero attached hydrogens (tertiary/aromatic N) is 2. The van der Waals surface area contributed by atoms with Crippen molar-refractivity contribution in [3.8, 4) is 0 Å². The highest BCUT2D eigenvalue weighted by molar-refractivity contribution is 5.76. The topological polar surface area (TPSA) is 32.8 Å². The lowest BCUT2D eigenvalue weighted by Crippen LogP contribution is -2.55. The van der Waals surface area contributed by atoms with Gasteiger partial charge in [-0.3, -0.25) is 14.6 Å². The molecule has 0 spiro atoms. The molecule has 19 heavy (non-hydrogen) atoms. The highest BCUT2D eigenvalue weighted by Crippen LogP contribution is 2.36. The number of esters is 1. The van der Waals surface area contributed by atoms with E-state index in [-0.39, 0.29) is 12.0 Å². The molecule has 0 amide bonds. The van der Waals surface area contributed by atoms with Crippen molar-refractivity contribution in [2.45, 2.75) is 50.6 Å². The number of methoxy groups -OCH3 is 1. The van der Waals surface area contributed by atoms with Gasteiger partial charge < -0.3 is 4.74 Å². The third kappa shape index (κ3) is 2.95. The zero-order valence-electron chi connectivity index (χ0n) is 12.0. The van der Waals surface area contributed by atoms with Crippen LogP contribution in [0.2, 0.25) is 0 Å². The normalized spacial score (nSPS) is 28.5. The molecule has 2 aliphatic carbocycles. The summed E-state index contributed by atoms with van der Waals surface area (Å²) in [5.41, 5.74) is 0. The quantitative estimate of drug-likeness (QED) is 0.722. The van der Waals surface area contributed by atoms with Crippen molar-refractivity contribution < 1.29 is 9.53 Å². The van der Waals surface area contributed by atoms with E-state index in [1.54, 1.807) is 0 Å². The Bertz CT molecular complexity index is 316. The van der Waals surface area contributed by atoms with Gasteiger partial charge >= 0.3 is 5.97 Å². The first-order valence-electron chi connectivity index (χ1n) is 7.85. The van der Waals surface area contributed by atoms with E-state index >= 15 is 0 Å². The maximum Gasteiger partial charge on any atom is 0.323 e. The molecule has 1 aliphatic heterocycles. The summed E-state index contributed by atoms with van der Waals surface area (Å²) in [7, 11) is 1.52. The molecular formula is C15H26N2O2.